The number of phenols is 1. The second-order valence-corrected chi connectivity index (χ2v) is 9.09. The molecule has 35 heavy (non-hydrogen) atoms. The van der Waals surface area contributed by atoms with E-state index in [0.29, 0.717) is 40.6 Å². The zero-order chi connectivity index (χ0) is 24.1. The predicted molar refractivity (Wildman–Crippen MR) is 129 cm³/mol. The van der Waals surface area contributed by atoms with Gasteiger partial charge in [0.25, 0.3) is 6.01 Å². The second kappa shape index (κ2) is 8.66. The van der Waals surface area contributed by atoms with Gasteiger partial charge in [0.1, 0.15) is 30.3 Å². The number of nitrogens with zero attached hydrogens (tertiary/aromatic N) is 1. The highest BCUT2D eigenvalue weighted by Gasteiger charge is 2.48. The van der Waals surface area contributed by atoms with Crippen LogP contribution >= 0.6 is 11.6 Å². The van der Waals surface area contributed by atoms with Crippen molar-refractivity contribution in [2.75, 3.05) is 13.2 Å². The van der Waals surface area contributed by atoms with Crippen LogP contribution in [0.5, 0.6) is 11.8 Å². The van der Waals surface area contributed by atoms with Crippen molar-refractivity contribution in [1.82, 2.24) is 9.97 Å². The van der Waals surface area contributed by atoms with Crippen LogP contribution in [-0.4, -0.2) is 64.1 Å². The van der Waals surface area contributed by atoms with Crippen molar-refractivity contribution in [3.8, 4) is 34.0 Å². The molecule has 3 heterocycles. The van der Waals surface area contributed by atoms with Crippen molar-refractivity contribution in [2.45, 2.75) is 24.4 Å². The Kier molecular flexibility index (Phi) is 5.46. The molecular weight excluding hydrogens is 472 g/mol. The van der Waals surface area contributed by atoms with Crippen molar-refractivity contribution in [1.29, 1.82) is 0 Å². The van der Waals surface area contributed by atoms with Gasteiger partial charge in [0.05, 0.1) is 29.3 Å². The number of nitrogens with one attached hydrogen (secondary N) is 1. The summed E-state index contributed by atoms with van der Waals surface area (Å²) in [5, 5.41) is 20.7. The zero-order valence-electron chi connectivity index (χ0n) is 18.3. The fourth-order valence-electron chi connectivity index (χ4n) is 4.67. The number of carbonyl (C=O) groups excluding carboxylic acids is 1. The van der Waals surface area contributed by atoms with Crippen molar-refractivity contribution < 1.29 is 29.2 Å². The van der Waals surface area contributed by atoms with Gasteiger partial charge in [-0.05, 0) is 35.4 Å². The lowest BCUT2D eigenvalue weighted by Crippen LogP contribution is -2.34. The maximum absolute atomic E-state index is 10.9. The smallest absolute Gasteiger partial charge is 0.295 e. The first-order chi connectivity index (χ1) is 17.0. The average Bonchev–Trinajstić information content (AvgIpc) is 3.55. The van der Waals surface area contributed by atoms with Crippen LogP contribution < -0.4 is 4.74 Å². The standard InChI is InChI=1S/C26H21ClN2O6/c27-18-9-20-19(28-26(29-20)35-23-12-34-24-22(32)11-33-25(23)24)8-17(18)15-4-2-14(3-5-15)16-6-1-13(10-30)7-21(16)31/h1-10,22-25,31-32H,11-12H2,(H,28,29)/t22-,23-,24-,25-/m1/s1. The Labute approximate surface area is 205 Å². The van der Waals surface area contributed by atoms with Gasteiger partial charge in [-0.15, -0.1) is 0 Å². The predicted octanol–water partition coefficient (Wildman–Crippen LogP) is 3.97. The van der Waals surface area contributed by atoms with Gasteiger partial charge in [-0.2, -0.15) is 4.98 Å². The zero-order valence-corrected chi connectivity index (χ0v) is 19.1. The van der Waals surface area contributed by atoms with E-state index in [1.807, 2.05) is 30.3 Å². The molecule has 3 N–H and O–H groups in total. The van der Waals surface area contributed by atoms with E-state index in [2.05, 4.69) is 9.97 Å². The summed E-state index contributed by atoms with van der Waals surface area (Å²) in [4.78, 5) is 18.6. The Balaban J connectivity index is 1.25. The highest BCUT2D eigenvalue weighted by Crippen LogP contribution is 2.36. The molecule has 6 rings (SSSR count). The lowest BCUT2D eigenvalue weighted by Gasteiger charge is -2.15. The van der Waals surface area contributed by atoms with Gasteiger partial charge in [0, 0.05) is 16.7 Å². The monoisotopic (exact) mass is 492 g/mol. The Bertz CT molecular complexity index is 1420. The fourth-order valence-corrected chi connectivity index (χ4v) is 4.94. The van der Waals surface area contributed by atoms with Gasteiger partial charge in [-0.25, -0.2) is 0 Å². The number of phenolic OH excluding ortho intramolecular Hbond substituents is 1. The van der Waals surface area contributed by atoms with Gasteiger partial charge >= 0.3 is 0 Å². The number of aliphatic hydroxyl groups excluding tert-OH is 1. The largest absolute Gasteiger partial charge is 0.507 e. The average molecular weight is 493 g/mol. The number of carbonyl (C=O) groups is 1. The highest BCUT2D eigenvalue weighted by molar-refractivity contribution is 6.34. The van der Waals surface area contributed by atoms with Crippen LogP contribution in [0.4, 0.5) is 0 Å². The molecule has 2 aliphatic rings. The minimum absolute atomic E-state index is 0.0438. The summed E-state index contributed by atoms with van der Waals surface area (Å²) in [6, 6.07) is 16.4. The first-order valence-electron chi connectivity index (χ1n) is 11.2. The molecule has 2 aliphatic heterocycles. The molecule has 3 aromatic carbocycles. The maximum atomic E-state index is 10.9. The number of benzene rings is 3. The number of aldehydes is 1. The minimum atomic E-state index is -0.642. The number of aliphatic hydroxyl groups is 1. The summed E-state index contributed by atoms with van der Waals surface area (Å²) >= 11 is 6.59. The normalized spacial score (nSPS) is 23.5. The third-order valence-corrected chi connectivity index (χ3v) is 6.77. The summed E-state index contributed by atoms with van der Waals surface area (Å²) in [5.41, 5.74) is 4.97. The van der Waals surface area contributed by atoms with Crippen LogP contribution in [0.1, 0.15) is 10.4 Å². The van der Waals surface area contributed by atoms with Gasteiger partial charge in [0.2, 0.25) is 0 Å². The molecule has 0 unspecified atom stereocenters. The van der Waals surface area contributed by atoms with E-state index in [1.54, 1.807) is 18.2 Å². The van der Waals surface area contributed by atoms with Gasteiger partial charge in [0.15, 0.2) is 6.10 Å². The summed E-state index contributed by atoms with van der Waals surface area (Å²) in [6.07, 6.45) is -1.02. The van der Waals surface area contributed by atoms with E-state index in [0.717, 1.165) is 22.2 Å². The van der Waals surface area contributed by atoms with Crippen LogP contribution in [0.3, 0.4) is 0 Å². The molecular formula is C26H21ClN2O6. The molecule has 8 nitrogen and oxygen atoms in total. The number of imidazole rings is 1. The van der Waals surface area contributed by atoms with E-state index < -0.39 is 6.10 Å². The summed E-state index contributed by atoms with van der Waals surface area (Å²) in [5.74, 6) is 0.0438. The quantitative estimate of drug-likeness (QED) is 0.361. The summed E-state index contributed by atoms with van der Waals surface area (Å²) in [6.45, 7) is 0.548. The first kappa shape index (κ1) is 22.1. The van der Waals surface area contributed by atoms with Crippen LogP contribution in [0.2, 0.25) is 5.02 Å². The Morgan fingerprint density at radius 1 is 1.00 bits per heavy atom. The second-order valence-electron chi connectivity index (χ2n) is 8.68. The molecule has 4 aromatic rings. The highest BCUT2D eigenvalue weighted by atomic mass is 35.5. The van der Waals surface area contributed by atoms with E-state index in [-0.39, 0.29) is 30.7 Å². The molecule has 0 bridgehead atoms. The van der Waals surface area contributed by atoms with E-state index in [4.69, 9.17) is 25.8 Å². The molecule has 4 atom stereocenters. The number of aromatic amines is 1. The Hall–Kier alpha value is -3.43. The molecule has 0 amide bonds. The fraction of sp³-hybridized carbons (Fsp3) is 0.231. The van der Waals surface area contributed by atoms with E-state index in [9.17, 15) is 15.0 Å². The van der Waals surface area contributed by atoms with Crippen LogP contribution in [0.15, 0.2) is 54.6 Å². The van der Waals surface area contributed by atoms with Crippen molar-refractivity contribution in [3.05, 3.63) is 65.2 Å². The number of aromatic nitrogens is 2. The molecule has 2 saturated heterocycles. The Morgan fingerprint density at radius 2 is 1.74 bits per heavy atom. The van der Waals surface area contributed by atoms with Crippen LogP contribution in [0, 0.1) is 0 Å². The SMILES string of the molecule is O=Cc1ccc(-c2ccc(-c3cc4nc(O[C@@H]5CO[C@H]6[C@@H]5OC[C@H]6O)[nH]c4cc3Cl)cc2)c(O)c1. The van der Waals surface area contributed by atoms with Crippen molar-refractivity contribution in [2.24, 2.45) is 0 Å². The van der Waals surface area contributed by atoms with Crippen molar-refractivity contribution >= 4 is 28.9 Å². The first-order valence-corrected chi connectivity index (χ1v) is 11.5. The molecule has 2 fully saturated rings. The molecule has 9 heteroatoms. The topological polar surface area (TPSA) is 114 Å². The molecule has 0 spiro atoms. The third-order valence-electron chi connectivity index (χ3n) is 6.46. The lowest BCUT2D eigenvalue weighted by molar-refractivity contribution is 0.00706. The number of hydrogen-bond acceptors (Lipinski definition) is 7. The molecule has 0 aliphatic carbocycles. The summed E-state index contributed by atoms with van der Waals surface area (Å²) < 4.78 is 17.2. The molecule has 0 radical (unpaired) electrons. The number of ether oxygens (including phenoxy) is 3. The van der Waals surface area contributed by atoms with Gasteiger partial charge in [-0.3, -0.25) is 4.79 Å². The number of fused-ring (bicyclic) bond motifs is 2. The van der Waals surface area contributed by atoms with E-state index >= 15 is 0 Å². The lowest BCUT2D eigenvalue weighted by atomic mass is 9.98. The van der Waals surface area contributed by atoms with Crippen LogP contribution in [-0.2, 0) is 9.47 Å². The Morgan fingerprint density at radius 3 is 2.49 bits per heavy atom. The van der Waals surface area contributed by atoms with Gasteiger partial charge < -0.3 is 29.4 Å². The van der Waals surface area contributed by atoms with Crippen LogP contribution in [0.25, 0.3) is 33.3 Å². The van der Waals surface area contributed by atoms with Gasteiger partial charge in [-0.1, -0.05) is 41.9 Å². The van der Waals surface area contributed by atoms with E-state index in [1.165, 1.54) is 6.07 Å². The molecule has 0 saturated carbocycles. The summed E-state index contributed by atoms with van der Waals surface area (Å²) in [7, 11) is 0. The van der Waals surface area contributed by atoms with Crippen molar-refractivity contribution in [3.63, 3.8) is 0 Å². The number of rotatable bonds is 5. The molecule has 1 aromatic heterocycles. The number of hydrogen-bond donors (Lipinski definition) is 3. The maximum Gasteiger partial charge on any atom is 0.295 e. The number of H-pyrrole nitrogens is 1. The third kappa shape index (κ3) is 3.94. The number of halogens is 1. The minimum Gasteiger partial charge on any atom is -0.507 e. The molecule has 178 valence electrons. The number of aromatic hydroxyl groups is 1.